The van der Waals surface area contributed by atoms with E-state index in [4.69, 9.17) is 4.42 Å². The Balaban J connectivity index is 1.91. The lowest BCUT2D eigenvalue weighted by atomic mass is 10.0. The Morgan fingerprint density at radius 2 is 2.11 bits per heavy atom. The first-order valence-corrected chi connectivity index (χ1v) is 6.51. The fourth-order valence-corrected chi connectivity index (χ4v) is 2.83. The highest BCUT2D eigenvalue weighted by atomic mass is 16.3. The first kappa shape index (κ1) is 11.6. The first-order chi connectivity index (χ1) is 8.57. The van der Waals surface area contributed by atoms with E-state index in [1.165, 1.54) is 11.1 Å². The molecule has 1 aliphatic heterocycles. The predicted octanol–water partition coefficient (Wildman–Crippen LogP) is 3.01. The number of furan rings is 1. The van der Waals surface area contributed by atoms with Gasteiger partial charge in [-0.05, 0) is 32.4 Å². The van der Waals surface area contributed by atoms with E-state index in [9.17, 15) is 0 Å². The summed E-state index contributed by atoms with van der Waals surface area (Å²) in [6, 6.07) is 8.74. The molecule has 2 heterocycles. The second-order valence-corrected chi connectivity index (χ2v) is 5.85. The minimum absolute atomic E-state index is 0.235. The highest BCUT2D eigenvalue weighted by Gasteiger charge is 2.33. The molecule has 3 rings (SSSR count). The van der Waals surface area contributed by atoms with Gasteiger partial charge in [0.1, 0.15) is 11.8 Å². The number of anilines is 1. The molecular formula is C15H20N2O. The van der Waals surface area contributed by atoms with Crippen molar-refractivity contribution in [1.29, 1.82) is 0 Å². The summed E-state index contributed by atoms with van der Waals surface area (Å²) in [7, 11) is 2.16. The minimum Gasteiger partial charge on any atom is -0.462 e. The quantitative estimate of drug-likeness (QED) is 0.880. The van der Waals surface area contributed by atoms with Gasteiger partial charge in [-0.2, -0.15) is 0 Å². The van der Waals surface area contributed by atoms with E-state index in [0.29, 0.717) is 6.04 Å². The summed E-state index contributed by atoms with van der Waals surface area (Å²) >= 11 is 0. The maximum atomic E-state index is 5.62. The Hall–Kier alpha value is -1.48. The molecule has 1 aromatic heterocycles. The molecule has 0 saturated carbocycles. The first-order valence-electron chi connectivity index (χ1n) is 6.51. The molecule has 1 N–H and O–H groups in total. The zero-order chi connectivity index (χ0) is 12.8. The van der Waals surface area contributed by atoms with Crippen LogP contribution in [0.2, 0.25) is 0 Å². The fourth-order valence-electron chi connectivity index (χ4n) is 2.83. The lowest BCUT2D eigenvalue weighted by Crippen LogP contribution is -2.33. The van der Waals surface area contributed by atoms with E-state index in [2.05, 4.69) is 43.2 Å². The average Bonchev–Trinajstić information content (AvgIpc) is 2.91. The van der Waals surface area contributed by atoms with Gasteiger partial charge in [0.25, 0.3) is 0 Å². The van der Waals surface area contributed by atoms with E-state index in [-0.39, 0.29) is 5.54 Å². The zero-order valence-electron chi connectivity index (χ0n) is 11.2. The van der Waals surface area contributed by atoms with E-state index in [1.54, 1.807) is 0 Å². The number of hydrogen-bond donors (Lipinski definition) is 1. The van der Waals surface area contributed by atoms with Crippen molar-refractivity contribution in [3.05, 3.63) is 30.5 Å². The molecule has 1 aliphatic rings. The van der Waals surface area contributed by atoms with Crippen molar-refractivity contribution in [3.8, 4) is 0 Å². The average molecular weight is 244 g/mol. The molecule has 3 heteroatoms. The molecule has 18 heavy (non-hydrogen) atoms. The van der Waals surface area contributed by atoms with Crippen LogP contribution < -0.4 is 10.2 Å². The number of likely N-dealkylation sites (N-methyl/N-ethyl adjacent to an activating group) is 1. The van der Waals surface area contributed by atoms with Crippen LogP contribution >= 0.6 is 0 Å². The summed E-state index contributed by atoms with van der Waals surface area (Å²) in [5.74, 6) is 0. The van der Waals surface area contributed by atoms with Crippen LogP contribution in [0.4, 0.5) is 5.69 Å². The van der Waals surface area contributed by atoms with Crippen LogP contribution in [0.3, 0.4) is 0 Å². The third-order valence-electron chi connectivity index (χ3n) is 3.95. The van der Waals surface area contributed by atoms with Gasteiger partial charge in [-0.1, -0.05) is 12.1 Å². The van der Waals surface area contributed by atoms with E-state index in [0.717, 1.165) is 18.5 Å². The number of hydrogen-bond acceptors (Lipinski definition) is 3. The smallest absolute Gasteiger partial charge is 0.136 e. The van der Waals surface area contributed by atoms with Gasteiger partial charge in [0.05, 0.1) is 5.69 Å². The van der Waals surface area contributed by atoms with Gasteiger partial charge in [0, 0.05) is 30.6 Å². The molecule has 0 bridgehead atoms. The summed E-state index contributed by atoms with van der Waals surface area (Å²) in [5.41, 5.74) is 2.39. The van der Waals surface area contributed by atoms with Gasteiger partial charge in [-0.15, -0.1) is 0 Å². The van der Waals surface area contributed by atoms with Crippen LogP contribution in [0, 0.1) is 0 Å². The Labute approximate surface area is 108 Å². The van der Waals surface area contributed by atoms with E-state index in [1.807, 2.05) is 18.4 Å². The lowest BCUT2D eigenvalue weighted by Gasteiger charge is -2.26. The van der Waals surface area contributed by atoms with Gasteiger partial charge in [0.15, 0.2) is 0 Å². The Morgan fingerprint density at radius 1 is 1.33 bits per heavy atom. The molecular weight excluding hydrogens is 224 g/mol. The van der Waals surface area contributed by atoms with Crippen LogP contribution in [0.1, 0.15) is 20.3 Å². The highest BCUT2D eigenvalue weighted by molar-refractivity contribution is 5.91. The summed E-state index contributed by atoms with van der Waals surface area (Å²) in [4.78, 5) is 2.34. The second kappa shape index (κ2) is 4.02. The van der Waals surface area contributed by atoms with Crippen LogP contribution in [-0.4, -0.2) is 25.2 Å². The maximum absolute atomic E-state index is 5.62. The molecule has 1 fully saturated rings. The van der Waals surface area contributed by atoms with Gasteiger partial charge >= 0.3 is 0 Å². The number of nitrogens with one attached hydrogen (secondary N) is 1. The third kappa shape index (κ3) is 1.89. The Morgan fingerprint density at radius 3 is 2.83 bits per heavy atom. The van der Waals surface area contributed by atoms with Crippen molar-refractivity contribution in [3.63, 3.8) is 0 Å². The molecule has 1 saturated heterocycles. The third-order valence-corrected chi connectivity index (χ3v) is 3.95. The summed E-state index contributed by atoms with van der Waals surface area (Å²) < 4.78 is 5.62. The number of para-hydroxylation sites is 1. The van der Waals surface area contributed by atoms with Crippen LogP contribution in [-0.2, 0) is 0 Å². The number of fused-ring (bicyclic) bond motifs is 1. The monoisotopic (exact) mass is 244 g/mol. The summed E-state index contributed by atoms with van der Waals surface area (Å²) in [6.07, 6.45) is 3.03. The van der Waals surface area contributed by atoms with Crippen LogP contribution in [0.25, 0.3) is 11.0 Å². The fraction of sp³-hybridized carbons (Fsp3) is 0.467. The molecule has 3 nitrogen and oxygen atoms in total. The van der Waals surface area contributed by atoms with Crippen molar-refractivity contribution < 1.29 is 4.42 Å². The summed E-state index contributed by atoms with van der Waals surface area (Å²) in [5, 5.41) is 4.76. The van der Waals surface area contributed by atoms with Crippen molar-refractivity contribution in [2.75, 3.05) is 18.5 Å². The van der Waals surface area contributed by atoms with Gasteiger partial charge < -0.3 is 14.6 Å². The SMILES string of the molecule is CN(c1coc2ccccc12)C1CNC(C)(C)C1. The molecule has 1 unspecified atom stereocenters. The van der Waals surface area contributed by atoms with Crippen LogP contribution in [0.15, 0.2) is 34.9 Å². The molecule has 96 valence electrons. The lowest BCUT2D eigenvalue weighted by molar-refractivity contribution is 0.454. The molecule has 0 aliphatic carbocycles. The van der Waals surface area contributed by atoms with Gasteiger partial charge in [0.2, 0.25) is 0 Å². The van der Waals surface area contributed by atoms with Crippen molar-refractivity contribution >= 4 is 16.7 Å². The molecule has 1 aromatic carbocycles. The molecule has 0 spiro atoms. The standard InChI is InChI=1S/C15H20N2O/c1-15(2)8-11(9-16-15)17(3)13-10-18-14-7-5-4-6-12(13)14/h4-7,10-11,16H,8-9H2,1-3H3. The number of rotatable bonds is 2. The van der Waals surface area contributed by atoms with Crippen LogP contribution in [0.5, 0.6) is 0 Å². The normalized spacial score (nSPS) is 22.5. The Kier molecular flexibility index (Phi) is 2.59. The molecule has 2 aromatic rings. The number of nitrogens with zero attached hydrogens (tertiary/aromatic N) is 1. The minimum atomic E-state index is 0.235. The molecule has 1 atom stereocenters. The van der Waals surface area contributed by atoms with Gasteiger partial charge in [-0.3, -0.25) is 0 Å². The second-order valence-electron chi connectivity index (χ2n) is 5.85. The Bertz CT molecular complexity index is 558. The van der Waals surface area contributed by atoms with Crippen molar-refractivity contribution in [1.82, 2.24) is 5.32 Å². The zero-order valence-corrected chi connectivity index (χ0v) is 11.2. The largest absolute Gasteiger partial charge is 0.462 e. The van der Waals surface area contributed by atoms with Crippen molar-refractivity contribution in [2.24, 2.45) is 0 Å². The van der Waals surface area contributed by atoms with E-state index < -0.39 is 0 Å². The molecule has 0 amide bonds. The van der Waals surface area contributed by atoms with Crippen molar-refractivity contribution in [2.45, 2.75) is 31.8 Å². The topological polar surface area (TPSA) is 28.4 Å². The van der Waals surface area contributed by atoms with Gasteiger partial charge in [-0.25, -0.2) is 0 Å². The summed E-state index contributed by atoms with van der Waals surface area (Å²) in [6.45, 7) is 5.55. The predicted molar refractivity (Wildman–Crippen MR) is 75.1 cm³/mol. The van der Waals surface area contributed by atoms with E-state index >= 15 is 0 Å². The maximum Gasteiger partial charge on any atom is 0.136 e. The molecule has 0 radical (unpaired) electrons. The number of benzene rings is 1. The highest BCUT2D eigenvalue weighted by Crippen LogP contribution is 2.32.